The lowest BCUT2D eigenvalue weighted by Crippen LogP contribution is -2.42. The fourth-order valence-electron chi connectivity index (χ4n) is 2.24. The van der Waals surface area contributed by atoms with Crippen LogP contribution in [-0.2, 0) is 19.1 Å². The molecule has 1 aliphatic rings. The zero-order valence-corrected chi connectivity index (χ0v) is 13.3. The average molecular weight is 317 g/mol. The molecule has 1 saturated heterocycles. The maximum Gasteiger partial charge on any atom is 0.327 e. The van der Waals surface area contributed by atoms with Crippen LogP contribution in [0.25, 0.3) is 0 Å². The molecule has 0 aliphatic carbocycles. The fraction of sp³-hybridized carbons (Fsp3) is 0.786. The van der Waals surface area contributed by atoms with E-state index in [1.54, 1.807) is 0 Å². The maximum absolute atomic E-state index is 11.4. The summed E-state index contributed by atoms with van der Waals surface area (Å²) in [5.41, 5.74) is 0. The number of thioether (sulfide) groups is 1. The van der Waals surface area contributed by atoms with Crippen molar-refractivity contribution < 1.29 is 24.2 Å². The zero-order chi connectivity index (χ0) is 15.8. The summed E-state index contributed by atoms with van der Waals surface area (Å²) in [6.07, 6.45) is 4.18. The third kappa shape index (κ3) is 6.37. The Morgan fingerprint density at radius 1 is 1.48 bits per heavy atom. The van der Waals surface area contributed by atoms with Gasteiger partial charge in [-0.1, -0.05) is 19.8 Å². The van der Waals surface area contributed by atoms with Gasteiger partial charge in [0.1, 0.15) is 12.1 Å². The molecule has 120 valence electrons. The lowest BCUT2D eigenvalue weighted by Gasteiger charge is -2.19. The number of carbonyl (C=O) groups is 3. The summed E-state index contributed by atoms with van der Waals surface area (Å²) in [5.74, 6) is -1.42. The van der Waals surface area contributed by atoms with Crippen LogP contribution in [0.1, 0.15) is 46.0 Å². The smallest absolute Gasteiger partial charge is 0.327 e. The lowest BCUT2D eigenvalue weighted by atomic mass is 10.1. The number of hydrogen-bond donors (Lipinski definition) is 2. The number of rotatable bonds is 9. The Kier molecular flexibility index (Phi) is 7.56. The summed E-state index contributed by atoms with van der Waals surface area (Å²) in [4.78, 5) is 33.5. The standard InChI is InChI=1S/C14H23NO5S/c1-3-4-5-6-11-12(7-13(17)20-11)21-8-10(14(18)19)15-9(2)16/h10-12H,3-8H2,1-2H3,(H,15,16)(H,18,19). The van der Waals surface area contributed by atoms with Crippen LogP contribution in [-0.4, -0.2) is 46.1 Å². The maximum atomic E-state index is 11.4. The molecule has 6 nitrogen and oxygen atoms in total. The molecule has 0 saturated carbocycles. The number of carboxylic acids is 1. The number of aliphatic carboxylic acids is 1. The van der Waals surface area contributed by atoms with Crippen LogP contribution in [0.2, 0.25) is 0 Å². The van der Waals surface area contributed by atoms with Gasteiger partial charge in [-0.25, -0.2) is 4.79 Å². The Balaban J connectivity index is 2.47. The number of amides is 1. The van der Waals surface area contributed by atoms with Crippen molar-refractivity contribution in [1.29, 1.82) is 0 Å². The van der Waals surface area contributed by atoms with Crippen LogP contribution in [0.15, 0.2) is 0 Å². The van der Waals surface area contributed by atoms with E-state index in [4.69, 9.17) is 9.84 Å². The number of hydrogen-bond acceptors (Lipinski definition) is 5. The predicted molar refractivity (Wildman–Crippen MR) is 80.1 cm³/mol. The van der Waals surface area contributed by atoms with Crippen molar-refractivity contribution in [3.8, 4) is 0 Å². The number of carboxylic acid groups (broad SMARTS) is 1. The molecule has 1 fully saturated rings. The van der Waals surface area contributed by atoms with Crippen molar-refractivity contribution in [1.82, 2.24) is 5.32 Å². The van der Waals surface area contributed by atoms with Crippen LogP contribution in [0.4, 0.5) is 0 Å². The normalized spacial score (nSPS) is 22.7. The van der Waals surface area contributed by atoms with Gasteiger partial charge in [-0.05, 0) is 12.8 Å². The van der Waals surface area contributed by atoms with Gasteiger partial charge in [0.25, 0.3) is 0 Å². The minimum absolute atomic E-state index is 0.0232. The second-order valence-electron chi connectivity index (χ2n) is 5.19. The van der Waals surface area contributed by atoms with Crippen molar-refractivity contribution >= 4 is 29.6 Å². The summed E-state index contributed by atoms with van der Waals surface area (Å²) in [6.45, 7) is 3.40. The summed E-state index contributed by atoms with van der Waals surface area (Å²) >= 11 is 1.39. The largest absolute Gasteiger partial charge is 0.480 e. The summed E-state index contributed by atoms with van der Waals surface area (Å²) in [5, 5.41) is 11.4. The highest BCUT2D eigenvalue weighted by Crippen LogP contribution is 2.31. The van der Waals surface area contributed by atoms with Gasteiger partial charge in [0.15, 0.2) is 0 Å². The van der Waals surface area contributed by atoms with Gasteiger partial charge in [0, 0.05) is 12.7 Å². The Labute approximate surface area is 129 Å². The van der Waals surface area contributed by atoms with Gasteiger partial charge >= 0.3 is 11.9 Å². The van der Waals surface area contributed by atoms with Crippen LogP contribution >= 0.6 is 11.8 Å². The van der Waals surface area contributed by atoms with Crippen molar-refractivity contribution in [2.75, 3.05) is 5.75 Å². The first-order chi connectivity index (χ1) is 9.93. The third-order valence-electron chi connectivity index (χ3n) is 3.31. The second-order valence-corrected chi connectivity index (χ2v) is 6.46. The molecule has 3 atom stereocenters. The Bertz CT molecular complexity index is 388. The van der Waals surface area contributed by atoms with Gasteiger partial charge < -0.3 is 15.2 Å². The van der Waals surface area contributed by atoms with E-state index in [0.717, 1.165) is 25.7 Å². The number of nitrogens with one attached hydrogen (secondary N) is 1. The first-order valence-corrected chi connectivity index (χ1v) is 8.30. The van der Waals surface area contributed by atoms with Gasteiger partial charge in [0.05, 0.1) is 11.7 Å². The van der Waals surface area contributed by atoms with Crippen LogP contribution in [0.5, 0.6) is 0 Å². The van der Waals surface area contributed by atoms with E-state index < -0.39 is 12.0 Å². The third-order valence-corrected chi connectivity index (χ3v) is 4.73. The highest BCUT2D eigenvalue weighted by atomic mass is 32.2. The van der Waals surface area contributed by atoms with E-state index in [1.807, 2.05) is 0 Å². The lowest BCUT2D eigenvalue weighted by molar-refractivity contribution is -0.142. The monoisotopic (exact) mass is 317 g/mol. The Hall–Kier alpha value is -1.24. The molecule has 2 N–H and O–H groups in total. The Morgan fingerprint density at radius 2 is 2.19 bits per heavy atom. The van der Waals surface area contributed by atoms with Crippen LogP contribution in [0, 0.1) is 0 Å². The van der Waals surface area contributed by atoms with E-state index in [1.165, 1.54) is 18.7 Å². The van der Waals surface area contributed by atoms with Crippen LogP contribution < -0.4 is 5.32 Å². The molecular weight excluding hydrogens is 294 g/mol. The van der Waals surface area contributed by atoms with E-state index in [2.05, 4.69) is 12.2 Å². The first-order valence-electron chi connectivity index (χ1n) is 7.25. The molecule has 1 heterocycles. The number of esters is 1. The quantitative estimate of drug-likeness (QED) is 0.495. The molecule has 0 spiro atoms. The van der Waals surface area contributed by atoms with Crippen molar-refractivity contribution in [2.45, 2.75) is 63.3 Å². The predicted octanol–water partition coefficient (Wildman–Crippen LogP) is 1.57. The van der Waals surface area contributed by atoms with Crippen molar-refractivity contribution in [2.24, 2.45) is 0 Å². The van der Waals surface area contributed by atoms with E-state index in [9.17, 15) is 14.4 Å². The topological polar surface area (TPSA) is 92.7 Å². The average Bonchev–Trinajstić information content (AvgIpc) is 2.74. The van der Waals surface area contributed by atoms with Crippen LogP contribution in [0.3, 0.4) is 0 Å². The second kappa shape index (κ2) is 8.92. The molecule has 0 aromatic rings. The highest BCUT2D eigenvalue weighted by Gasteiger charge is 2.35. The van der Waals surface area contributed by atoms with E-state index >= 15 is 0 Å². The number of carbonyl (C=O) groups excluding carboxylic acids is 2. The van der Waals surface area contributed by atoms with Crippen molar-refractivity contribution in [3.63, 3.8) is 0 Å². The highest BCUT2D eigenvalue weighted by molar-refractivity contribution is 8.00. The van der Waals surface area contributed by atoms with E-state index in [-0.39, 0.29) is 29.0 Å². The molecular formula is C14H23NO5S. The molecule has 3 unspecified atom stereocenters. The molecule has 0 aromatic heterocycles. The van der Waals surface area contributed by atoms with E-state index in [0.29, 0.717) is 6.42 Å². The minimum atomic E-state index is -1.06. The van der Waals surface area contributed by atoms with Gasteiger partial charge in [-0.3, -0.25) is 9.59 Å². The Morgan fingerprint density at radius 3 is 2.76 bits per heavy atom. The molecule has 21 heavy (non-hydrogen) atoms. The fourth-order valence-corrected chi connectivity index (χ4v) is 3.56. The summed E-state index contributed by atoms with van der Waals surface area (Å²) in [7, 11) is 0. The zero-order valence-electron chi connectivity index (χ0n) is 12.5. The molecule has 0 aromatic carbocycles. The molecule has 1 aliphatic heterocycles. The number of cyclic esters (lactones) is 1. The number of unbranched alkanes of at least 4 members (excludes halogenated alkanes) is 2. The SMILES string of the molecule is CCCCCC1OC(=O)CC1SCC(NC(C)=O)C(=O)O. The minimum Gasteiger partial charge on any atom is -0.480 e. The molecule has 7 heteroatoms. The van der Waals surface area contributed by atoms with Gasteiger partial charge in [-0.2, -0.15) is 11.8 Å². The van der Waals surface area contributed by atoms with Crippen molar-refractivity contribution in [3.05, 3.63) is 0 Å². The van der Waals surface area contributed by atoms with Gasteiger partial charge in [-0.15, -0.1) is 0 Å². The molecule has 1 rings (SSSR count). The molecule has 0 radical (unpaired) electrons. The van der Waals surface area contributed by atoms with Gasteiger partial charge in [0.2, 0.25) is 5.91 Å². The first kappa shape index (κ1) is 17.8. The molecule has 1 amide bonds. The molecule has 0 bridgehead atoms. The summed E-state index contributed by atoms with van der Waals surface area (Å²) < 4.78 is 5.30. The number of ether oxygens (including phenoxy) is 1. The summed E-state index contributed by atoms with van der Waals surface area (Å²) in [6, 6.07) is -0.931.